The van der Waals surface area contributed by atoms with Crippen LogP contribution in [0, 0.1) is 12.7 Å². The average molecular weight is 325 g/mol. The third kappa shape index (κ3) is 5.01. The highest BCUT2D eigenvalue weighted by molar-refractivity contribution is 7.89. The van der Waals surface area contributed by atoms with Gasteiger partial charge in [0.15, 0.2) is 0 Å². The summed E-state index contributed by atoms with van der Waals surface area (Å²) in [6.45, 7) is 3.79. The number of sulfonamides is 1. The standard InChI is InChI=1S/C13H21FN2O2S.ClH/c1-3-4-7-11(9-15)16-19(17,18)13-10(2)6-5-8-12(13)14;/h5-6,8,11,16H,3-4,7,9,15H2,1-2H3;1H. The number of nitrogens with two attached hydrogens (primary N) is 1. The molecule has 0 aromatic heterocycles. The Bertz CT molecular complexity index is 503. The summed E-state index contributed by atoms with van der Waals surface area (Å²) < 4.78 is 40.6. The highest BCUT2D eigenvalue weighted by Gasteiger charge is 2.24. The molecule has 0 saturated heterocycles. The average Bonchev–Trinajstić information content (AvgIpc) is 2.33. The minimum absolute atomic E-state index is 0. The number of aryl methyl sites for hydroxylation is 1. The van der Waals surface area contributed by atoms with Crippen molar-refractivity contribution in [3.8, 4) is 0 Å². The molecule has 0 aliphatic carbocycles. The first kappa shape index (κ1) is 19.3. The number of nitrogens with one attached hydrogen (secondary N) is 1. The summed E-state index contributed by atoms with van der Waals surface area (Å²) >= 11 is 0. The van der Waals surface area contributed by atoms with Gasteiger partial charge in [-0.25, -0.2) is 17.5 Å². The Morgan fingerprint density at radius 3 is 2.55 bits per heavy atom. The number of hydrogen-bond donors (Lipinski definition) is 2. The van der Waals surface area contributed by atoms with Crippen LogP contribution in [-0.2, 0) is 10.0 Å². The lowest BCUT2D eigenvalue weighted by Gasteiger charge is -2.17. The molecule has 7 heteroatoms. The molecule has 0 bridgehead atoms. The van der Waals surface area contributed by atoms with Crippen LogP contribution in [0.5, 0.6) is 0 Å². The van der Waals surface area contributed by atoms with Gasteiger partial charge in [0.25, 0.3) is 0 Å². The van der Waals surface area contributed by atoms with E-state index in [2.05, 4.69) is 4.72 Å². The first-order valence-corrected chi connectivity index (χ1v) is 7.88. The lowest BCUT2D eigenvalue weighted by atomic mass is 10.1. The normalized spacial score (nSPS) is 12.8. The highest BCUT2D eigenvalue weighted by atomic mass is 35.5. The lowest BCUT2D eigenvalue weighted by molar-refractivity contribution is 0.508. The summed E-state index contributed by atoms with van der Waals surface area (Å²) in [6, 6.07) is 3.84. The van der Waals surface area contributed by atoms with Crippen molar-refractivity contribution in [3.05, 3.63) is 29.6 Å². The van der Waals surface area contributed by atoms with Gasteiger partial charge < -0.3 is 5.73 Å². The van der Waals surface area contributed by atoms with Gasteiger partial charge >= 0.3 is 0 Å². The molecule has 1 rings (SSSR count). The number of unbranched alkanes of at least 4 members (excludes halogenated alkanes) is 1. The van der Waals surface area contributed by atoms with Gasteiger partial charge in [0, 0.05) is 12.6 Å². The molecule has 0 spiro atoms. The molecule has 0 aliphatic rings. The Kier molecular flexibility index (Phi) is 8.27. The van der Waals surface area contributed by atoms with Gasteiger partial charge in [0.05, 0.1) is 0 Å². The largest absolute Gasteiger partial charge is 0.329 e. The van der Waals surface area contributed by atoms with Gasteiger partial charge in [0.2, 0.25) is 10.0 Å². The fraction of sp³-hybridized carbons (Fsp3) is 0.538. The molecular weight excluding hydrogens is 303 g/mol. The summed E-state index contributed by atoms with van der Waals surface area (Å²) in [7, 11) is -3.87. The van der Waals surface area contributed by atoms with Gasteiger partial charge in [-0.05, 0) is 25.0 Å². The van der Waals surface area contributed by atoms with Crippen molar-refractivity contribution in [1.82, 2.24) is 4.72 Å². The van der Waals surface area contributed by atoms with E-state index in [-0.39, 0.29) is 29.9 Å². The third-order valence-electron chi connectivity index (χ3n) is 2.95. The second kappa shape index (κ2) is 8.56. The van der Waals surface area contributed by atoms with Crippen LogP contribution in [0.4, 0.5) is 4.39 Å². The van der Waals surface area contributed by atoms with Gasteiger partial charge in [-0.15, -0.1) is 12.4 Å². The number of halogens is 2. The van der Waals surface area contributed by atoms with Crippen LogP contribution in [0.1, 0.15) is 31.7 Å². The molecule has 20 heavy (non-hydrogen) atoms. The SMILES string of the molecule is CCCCC(CN)NS(=O)(=O)c1c(C)cccc1F.Cl. The topological polar surface area (TPSA) is 72.2 Å². The molecule has 1 aromatic carbocycles. The monoisotopic (exact) mass is 324 g/mol. The van der Waals surface area contributed by atoms with Crippen LogP contribution in [0.2, 0.25) is 0 Å². The van der Waals surface area contributed by atoms with Gasteiger partial charge in [0.1, 0.15) is 10.7 Å². The van der Waals surface area contributed by atoms with Crippen molar-refractivity contribution in [2.24, 2.45) is 5.73 Å². The fourth-order valence-corrected chi connectivity index (χ4v) is 3.50. The summed E-state index contributed by atoms with van der Waals surface area (Å²) in [5.41, 5.74) is 5.94. The molecule has 1 aromatic rings. The molecule has 116 valence electrons. The van der Waals surface area contributed by atoms with E-state index in [0.717, 1.165) is 18.9 Å². The maximum Gasteiger partial charge on any atom is 0.244 e. The quantitative estimate of drug-likeness (QED) is 0.808. The van der Waals surface area contributed by atoms with E-state index in [9.17, 15) is 12.8 Å². The first-order chi connectivity index (χ1) is 8.92. The van der Waals surface area contributed by atoms with E-state index in [0.29, 0.717) is 12.0 Å². The van der Waals surface area contributed by atoms with Crippen molar-refractivity contribution in [3.63, 3.8) is 0 Å². The van der Waals surface area contributed by atoms with Crippen LogP contribution >= 0.6 is 12.4 Å². The Labute approximate surface area is 126 Å². The van der Waals surface area contributed by atoms with Crippen LogP contribution in [0.15, 0.2) is 23.1 Å². The van der Waals surface area contributed by atoms with Gasteiger partial charge in [-0.3, -0.25) is 0 Å². The number of hydrogen-bond acceptors (Lipinski definition) is 3. The van der Waals surface area contributed by atoms with E-state index in [4.69, 9.17) is 5.73 Å². The molecule has 0 saturated carbocycles. The van der Waals surface area contributed by atoms with Crippen molar-refractivity contribution >= 4 is 22.4 Å². The Hall–Kier alpha value is -0.690. The second-order valence-corrected chi connectivity index (χ2v) is 6.23. The molecule has 0 fully saturated rings. The predicted octanol–water partition coefficient (Wildman–Crippen LogP) is 2.35. The summed E-state index contributed by atoms with van der Waals surface area (Å²) in [4.78, 5) is -0.287. The van der Waals surface area contributed by atoms with Crippen LogP contribution < -0.4 is 10.5 Å². The maximum atomic E-state index is 13.7. The summed E-state index contributed by atoms with van der Waals surface area (Å²) in [5, 5.41) is 0. The van der Waals surface area contributed by atoms with Crippen LogP contribution in [0.25, 0.3) is 0 Å². The van der Waals surface area contributed by atoms with E-state index in [1.165, 1.54) is 6.07 Å². The minimum Gasteiger partial charge on any atom is -0.329 e. The Morgan fingerprint density at radius 2 is 2.05 bits per heavy atom. The van der Waals surface area contributed by atoms with Crippen molar-refractivity contribution < 1.29 is 12.8 Å². The third-order valence-corrected chi connectivity index (χ3v) is 4.64. The van der Waals surface area contributed by atoms with E-state index >= 15 is 0 Å². The first-order valence-electron chi connectivity index (χ1n) is 6.40. The van der Waals surface area contributed by atoms with Crippen molar-refractivity contribution in [2.75, 3.05) is 6.54 Å². The van der Waals surface area contributed by atoms with Crippen LogP contribution in [-0.4, -0.2) is 21.0 Å². The second-order valence-electron chi connectivity index (χ2n) is 4.58. The zero-order valence-electron chi connectivity index (χ0n) is 11.7. The summed E-state index contributed by atoms with van der Waals surface area (Å²) in [5.74, 6) is -0.737. The molecule has 1 unspecified atom stereocenters. The molecule has 4 nitrogen and oxygen atoms in total. The van der Waals surface area contributed by atoms with Crippen molar-refractivity contribution in [1.29, 1.82) is 0 Å². The lowest BCUT2D eigenvalue weighted by Crippen LogP contribution is -2.40. The van der Waals surface area contributed by atoms with E-state index in [1.807, 2.05) is 6.92 Å². The van der Waals surface area contributed by atoms with E-state index < -0.39 is 15.8 Å². The molecular formula is C13H22ClFN2O2S. The molecule has 1 atom stereocenters. The smallest absolute Gasteiger partial charge is 0.244 e. The van der Waals surface area contributed by atoms with Gasteiger partial charge in [-0.2, -0.15) is 0 Å². The fourth-order valence-electron chi connectivity index (χ4n) is 1.91. The summed E-state index contributed by atoms with van der Waals surface area (Å²) in [6.07, 6.45) is 2.48. The molecule has 3 N–H and O–H groups in total. The number of benzene rings is 1. The molecule has 0 radical (unpaired) electrons. The molecule has 0 heterocycles. The minimum atomic E-state index is -3.87. The molecule has 0 aliphatic heterocycles. The number of rotatable bonds is 7. The van der Waals surface area contributed by atoms with Gasteiger partial charge in [-0.1, -0.05) is 31.9 Å². The predicted molar refractivity (Wildman–Crippen MR) is 81.1 cm³/mol. The zero-order chi connectivity index (χ0) is 14.5. The van der Waals surface area contributed by atoms with Crippen molar-refractivity contribution in [2.45, 2.75) is 44.0 Å². The van der Waals surface area contributed by atoms with Crippen LogP contribution in [0.3, 0.4) is 0 Å². The van der Waals surface area contributed by atoms with E-state index in [1.54, 1.807) is 13.0 Å². The Morgan fingerprint density at radius 1 is 1.40 bits per heavy atom. The zero-order valence-corrected chi connectivity index (χ0v) is 13.4. The maximum absolute atomic E-state index is 13.7. The Balaban J connectivity index is 0.00000361. The molecule has 0 amide bonds. The highest BCUT2D eigenvalue weighted by Crippen LogP contribution is 2.19.